The molecule has 0 fully saturated rings. The van der Waals surface area contributed by atoms with Crippen molar-refractivity contribution in [2.24, 2.45) is 0 Å². The normalized spacial score (nSPS) is 10.3. The summed E-state index contributed by atoms with van der Waals surface area (Å²) in [5.74, 6) is -0.990. The number of unbranched alkanes of at least 4 members (excludes halogenated alkanes) is 1. The second-order valence-electron chi connectivity index (χ2n) is 3.66. The number of hydrogen-bond donors (Lipinski definition) is 2. The minimum Gasteiger partial charge on any atom is -0.481 e. The fourth-order valence-electron chi connectivity index (χ4n) is 1.41. The van der Waals surface area contributed by atoms with E-state index in [1.807, 2.05) is 6.07 Å². The molecule has 0 atom stereocenters. The Kier molecular flexibility index (Phi) is 5.50. The van der Waals surface area contributed by atoms with Crippen LogP contribution in [0.1, 0.15) is 24.8 Å². The molecule has 0 saturated carbocycles. The lowest BCUT2D eigenvalue weighted by Gasteiger charge is -2.04. The van der Waals surface area contributed by atoms with E-state index in [1.54, 1.807) is 6.07 Å². The van der Waals surface area contributed by atoms with Crippen LogP contribution in [0.25, 0.3) is 0 Å². The van der Waals surface area contributed by atoms with Crippen molar-refractivity contribution in [3.8, 4) is 0 Å². The van der Waals surface area contributed by atoms with Crippen LogP contribution < -0.4 is 5.32 Å². The van der Waals surface area contributed by atoms with Crippen LogP contribution in [0.3, 0.4) is 0 Å². The highest BCUT2D eigenvalue weighted by Gasteiger charge is 1.97. The second kappa shape index (κ2) is 6.95. The average molecular weight is 225 g/mol. The number of carboxylic acid groups (broad SMARTS) is 1. The largest absolute Gasteiger partial charge is 0.481 e. The zero-order valence-electron chi connectivity index (χ0n) is 9.08. The van der Waals surface area contributed by atoms with Gasteiger partial charge in [-0.25, -0.2) is 4.39 Å². The molecule has 0 saturated heterocycles. The molecule has 0 amide bonds. The number of halogens is 1. The monoisotopic (exact) mass is 225 g/mol. The first-order valence-corrected chi connectivity index (χ1v) is 5.35. The van der Waals surface area contributed by atoms with E-state index in [0.29, 0.717) is 13.0 Å². The molecule has 0 unspecified atom stereocenters. The van der Waals surface area contributed by atoms with Crippen molar-refractivity contribution in [2.45, 2.75) is 25.8 Å². The van der Waals surface area contributed by atoms with Crippen LogP contribution in [0.4, 0.5) is 4.39 Å². The van der Waals surface area contributed by atoms with Crippen molar-refractivity contribution in [3.63, 3.8) is 0 Å². The molecule has 4 heteroatoms. The maximum Gasteiger partial charge on any atom is 0.303 e. The molecule has 1 aromatic carbocycles. The van der Waals surface area contributed by atoms with E-state index >= 15 is 0 Å². The van der Waals surface area contributed by atoms with Gasteiger partial charge in [-0.05, 0) is 37.1 Å². The first-order chi connectivity index (χ1) is 7.68. The van der Waals surface area contributed by atoms with Crippen LogP contribution in [0.5, 0.6) is 0 Å². The van der Waals surface area contributed by atoms with Crippen molar-refractivity contribution in [3.05, 3.63) is 35.6 Å². The Labute approximate surface area is 94.3 Å². The number of nitrogens with one attached hydrogen (secondary N) is 1. The van der Waals surface area contributed by atoms with Gasteiger partial charge >= 0.3 is 5.97 Å². The maximum atomic E-state index is 12.8. The molecule has 0 spiro atoms. The molecule has 1 aromatic rings. The van der Waals surface area contributed by atoms with Crippen LogP contribution in [-0.4, -0.2) is 17.6 Å². The Morgan fingerprint density at radius 3 is 2.88 bits per heavy atom. The zero-order chi connectivity index (χ0) is 11.8. The summed E-state index contributed by atoms with van der Waals surface area (Å²) in [7, 11) is 0. The van der Waals surface area contributed by atoms with Gasteiger partial charge in [0.2, 0.25) is 0 Å². The molecule has 0 aromatic heterocycles. The van der Waals surface area contributed by atoms with Crippen molar-refractivity contribution in [1.82, 2.24) is 5.32 Å². The van der Waals surface area contributed by atoms with E-state index in [2.05, 4.69) is 5.32 Å². The first kappa shape index (κ1) is 12.6. The summed E-state index contributed by atoms with van der Waals surface area (Å²) < 4.78 is 12.8. The van der Waals surface area contributed by atoms with Crippen LogP contribution in [0, 0.1) is 5.82 Å². The van der Waals surface area contributed by atoms with Crippen LogP contribution in [0.15, 0.2) is 24.3 Å². The Morgan fingerprint density at radius 1 is 1.38 bits per heavy atom. The quantitative estimate of drug-likeness (QED) is 0.699. The smallest absolute Gasteiger partial charge is 0.303 e. The van der Waals surface area contributed by atoms with E-state index in [4.69, 9.17) is 5.11 Å². The summed E-state index contributed by atoms with van der Waals surface area (Å²) in [6.45, 7) is 1.37. The number of benzene rings is 1. The lowest BCUT2D eigenvalue weighted by atomic mass is 10.2. The number of carbonyl (C=O) groups is 1. The summed E-state index contributed by atoms with van der Waals surface area (Å²) in [6, 6.07) is 6.44. The Balaban J connectivity index is 2.09. The summed E-state index contributed by atoms with van der Waals surface area (Å²) in [6.07, 6.45) is 1.70. The number of carboxylic acids is 1. The van der Waals surface area contributed by atoms with E-state index in [1.165, 1.54) is 12.1 Å². The lowest BCUT2D eigenvalue weighted by Crippen LogP contribution is -2.15. The number of hydrogen-bond acceptors (Lipinski definition) is 2. The van der Waals surface area contributed by atoms with Crippen molar-refractivity contribution >= 4 is 5.97 Å². The fourth-order valence-corrected chi connectivity index (χ4v) is 1.41. The molecule has 0 aliphatic carbocycles. The summed E-state index contributed by atoms with van der Waals surface area (Å²) >= 11 is 0. The van der Waals surface area contributed by atoms with E-state index in [-0.39, 0.29) is 12.2 Å². The van der Waals surface area contributed by atoms with Gasteiger partial charge in [0.15, 0.2) is 0 Å². The predicted octanol–water partition coefficient (Wildman–Crippen LogP) is 2.17. The van der Waals surface area contributed by atoms with E-state index < -0.39 is 5.97 Å². The highest BCUT2D eigenvalue weighted by Crippen LogP contribution is 2.03. The Morgan fingerprint density at radius 2 is 2.19 bits per heavy atom. The third kappa shape index (κ3) is 5.46. The maximum absolute atomic E-state index is 12.8. The molecule has 0 aliphatic heterocycles. The second-order valence-corrected chi connectivity index (χ2v) is 3.66. The predicted molar refractivity (Wildman–Crippen MR) is 59.6 cm³/mol. The average Bonchev–Trinajstić information content (AvgIpc) is 2.23. The van der Waals surface area contributed by atoms with Gasteiger partial charge in [0.1, 0.15) is 5.82 Å². The molecule has 88 valence electrons. The highest BCUT2D eigenvalue weighted by atomic mass is 19.1. The van der Waals surface area contributed by atoms with E-state index in [0.717, 1.165) is 18.5 Å². The Bertz CT molecular complexity index is 342. The Hall–Kier alpha value is -1.42. The molecule has 16 heavy (non-hydrogen) atoms. The third-order valence-electron chi connectivity index (χ3n) is 2.21. The van der Waals surface area contributed by atoms with Crippen LogP contribution in [-0.2, 0) is 11.3 Å². The lowest BCUT2D eigenvalue weighted by molar-refractivity contribution is -0.137. The fraction of sp³-hybridized carbons (Fsp3) is 0.417. The molecule has 0 radical (unpaired) electrons. The molecule has 3 nitrogen and oxygen atoms in total. The standard InChI is InChI=1S/C12H16FNO2/c13-11-5-3-4-10(8-11)9-14-7-2-1-6-12(15)16/h3-5,8,14H,1-2,6-7,9H2,(H,15,16). The number of rotatable bonds is 7. The van der Waals surface area contributed by atoms with Gasteiger partial charge in [0.05, 0.1) is 0 Å². The molecule has 1 rings (SSSR count). The van der Waals surface area contributed by atoms with Crippen LogP contribution in [0.2, 0.25) is 0 Å². The summed E-state index contributed by atoms with van der Waals surface area (Å²) in [4.78, 5) is 10.2. The highest BCUT2D eigenvalue weighted by molar-refractivity contribution is 5.66. The molecular weight excluding hydrogens is 209 g/mol. The molecule has 0 heterocycles. The van der Waals surface area contributed by atoms with Crippen molar-refractivity contribution in [2.75, 3.05) is 6.54 Å². The van der Waals surface area contributed by atoms with Crippen molar-refractivity contribution in [1.29, 1.82) is 0 Å². The molecule has 2 N–H and O–H groups in total. The van der Waals surface area contributed by atoms with Gasteiger partial charge in [-0.1, -0.05) is 12.1 Å². The van der Waals surface area contributed by atoms with Gasteiger partial charge in [0, 0.05) is 13.0 Å². The minimum absolute atomic E-state index is 0.210. The van der Waals surface area contributed by atoms with Gasteiger partial charge in [-0.3, -0.25) is 4.79 Å². The minimum atomic E-state index is -0.759. The SMILES string of the molecule is O=C(O)CCCCNCc1cccc(F)c1. The molecule has 0 bridgehead atoms. The van der Waals surface area contributed by atoms with Crippen LogP contribution >= 0.6 is 0 Å². The first-order valence-electron chi connectivity index (χ1n) is 5.35. The van der Waals surface area contributed by atoms with Gasteiger partial charge in [-0.15, -0.1) is 0 Å². The summed E-state index contributed by atoms with van der Waals surface area (Å²) in [5, 5.41) is 11.6. The number of aliphatic carboxylic acids is 1. The van der Waals surface area contributed by atoms with Gasteiger partial charge in [0.25, 0.3) is 0 Å². The summed E-state index contributed by atoms with van der Waals surface area (Å²) in [5.41, 5.74) is 0.901. The van der Waals surface area contributed by atoms with E-state index in [9.17, 15) is 9.18 Å². The third-order valence-corrected chi connectivity index (χ3v) is 2.21. The molecular formula is C12H16FNO2. The van der Waals surface area contributed by atoms with Crippen molar-refractivity contribution < 1.29 is 14.3 Å². The van der Waals surface area contributed by atoms with Gasteiger partial charge in [-0.2, -0.15) is 0 Å². The zero-order valence-corrected chi connectivity index (χ0v) is 9.08. The topological polar surface area (TPSA) is 49.3 Å². The molecule has 0 aliphatic rings. The van der Waals surface area contributed by atoms with Gasteiger partial charge < -0.3 is 10.4 Å².